The van der Waals surface area contributed by atoms with Gasteiger partial charge in [-0.2, -0.15) is 0 Å². The lowest BCUT2D eigenvalue weighted by Gasteiger charge is -2.30. The average Bonchev–Trinajstić information content (AvgIpc) is 2.58. The van der Waals surface area contributed by atoms with Gasteiger partial charge in [-0.15, -0.1) is 0 Å². The highest BCUT2D eigenvalue weighted by atomic mass is 16.5. The summed E-state index contributed by atoms with van der Waals surface area (Å²) >= 11 is 0. The second-order valence-electron chi connectivity index (χ2n) is 5.63. The minimum Gasteiger partial charge on any atom is -0.497 e. The van der Waals surface area contributed by atoms with Crippen molar-refractivity contribution in [3.63, 3.8) is 0 Å². The first-order chi connectivity index (χ1) is 11.5. The van der Waals surface area contributed by atoms with E-state index in [2.05, 4.69) is 5.43 Å². The molecule has 1 aliphatic rings. The van der Waals surface area contributed by atoms with Crippen molar-refractivity contribution in [2.24, 2.45) is 0 Å². The predicted octanol–water partition coefficient (Wildman–Crippen LogP) is 2.20. The van der Waals surface area contributed by atoms with Gasteiger partial charge in [-0.3, -0.25) is 14.6 Å². The molecule has 0 aromatic heterocycles. The molecular weight excluding hydrogens is 308 g/mol. The van der Waals surface area contributed by atoms with Crippen LogP contribution in [-0.2, 0) is 20.9 Å². The molecule has 1 aromatic rings. The molecule has 0 aliphatic carbocycles. The molecule has 0 radical (unpaired) electrons. The Morgan fingerprint density at radius 3 is 2.88 bits per heavy atom. The van der Waals surface area contributed by atoms with Crippen molar-refractivity contribution in [3.05, 3.63) is 41.0 Å². The van der Waals surface area contributed by atoms with Crippen LogP contribution >= 0.6 is 0 Å². The number of hydrazine groups is 1. The average molecular weight is 332 g/mol. The zero-order valence-electron chi connectivity index (χ0n) is 14.4. The van der Waals surface area contributed by atoms with E-state index in [-0.39, 0.29) is 18.3 Å². The molecule has 1 heterocycles. The number of rotatable bonds is 7. The van der Waals surface area contributed by atoms with Gasteiger partial charge < -0.3 is 9.47 Å². The van der Waals surface area contributed by atoms with Gasteiger partial charge in [0.2, 0.25) is 0 Å². The standard InChI is InChI=1S/C18H24N2O4/c1-4-24-17(21)11-16-13(2)8-9-20(18(16)22)19-12-14-6-5-7-15(10-14)23-3/h5-7,10,19H,4,8-9,11-12H2,1-3H3. The molecular formula is C18H24N2O4. The smallest absolute Gasteiger partial charge is 0.310 e. The summed E-state index contributed by atoms with van der Waals surface area (Å²) in [7, 11) is 1.62. The highest BCUT2D eigenvalue weighted by Gasteiger charge is 2.27. The normalized spacial score (nSPS) is 14.8. The number of hydrogen-bond donors (Lipinski definition) is 1. The largest absolute Gasteiger partial charge is 0.497 e. The number of esters is 1. The topological polar surface area (TPSA) is 67.9 Å². The fourth-order valence-corrected chi connectivity index (χ4v) is 2.58. The Morgan fingerprint density at radius 1 is 1.38 bits per heavy atom. The maximum Gasteiger partial charge on any atom is 0.310 e. The SMILES string of the molecule is CCOC(=O)CC1=C(C)CCN(NCc2cccc(OC)c2)C1=O. The van der Waals surface area contributed by atoms with Gasteiger partial charge in [-0.1, -0.05) is 17.7 Å². The molecule has 1 N–H and O–H groups in total. The molecule has 0 atom stereocenters. The number of benzene rings is 1. The Hall–Kier alpha value is -2.34. The van der Waals surface area contributed by atoms with E-state index >= 15 is 0 Å². The van der Waals surface area contributed by atoms with Gasteiger partial charge in [0.05, 0.1) is 20.1 Å². The Kier molecular flexibility index (Phi) is 6.37. The summed E-state index contributed by atoms with van der Waals surface area (Å²) in [6, 6.07) is 7.66. The quantitative estimate of drug-likeness (QED) is 0.775. The van der Waals surface area contributed by atoms with E-state index in [0.717, 1.165) is 23.3 Å². The molecule has 0 saturated heterocycles. The van der Waals surface area contributed by atoms with Crippen molar-refractivity contribution in [1.82, 2.24) is 10.4 Å². The molecule has 0 saturated carbocycles. The number of carbonyl (C=O) groups excluding carboxylic acids is 2. The lowest BCUT2D eigenvalue weighted by molar-refractivity contribution is -0.144. The molecule has 0 fully saturated rings. The van der Waals surface area contributed by atoms with Crippen molar-refractivity contribution < 1.29 is 19.1 Å². The molecule has 0 unspecified atom stereocenters. The van der Waals surface area contributed by atoms with Crippen LogP contribution < -0.4 is 10.2 Å². The van der Waals surface area contributed by atoms with Crippen LogP contribution in [-0.4, -0.2) is 37.1 Å². The first-order valence-corrected chi connectivity index (χ1v) is 8.07. The van der Waals surface area contributed by atoms with Crippen molar-refractivity contribution in [2.75, 3.05) is 20.3 Å². The van der Waals surface area contributed by atoms with E-state index in [0.29, 0.717) is 25.3 Å². The van der Waals surface area contributed by atoms with Gasteiger partial charge in [0.25, 0.3) is 5.91 Å². The van der Waals surface area contributed by atoms with E-state index in [4.69, 9.17) is 9.47 Å². The summed E-state index contributed by atoms with van der Waals surface area (Å²) in [5, 5.41) is 1.57. The van der Waals surface area contributed by atoms with E-state index in [1.54, 1.807) is 19.0 Å². The van der Waals surface area contributed by atoms with Crippen LogP contribution in [0.3, 0.4) is 0 Å². The third-order valence-electron chi connectivity index (χ3n) is 3.96. The molecule has 130 valence electrons. The minimum atomic E-state index is -0.366. The minimum absolute atomic E-state index is 0.0237. The Labute approximate surface area is 142 Å². The third-order valence-corrected chi connectivity index (χ3v) is 3.96. The highest BCUT2D eigenvalue weighted by Crippen LogP contribution is 2.21. The van der Waals surface area contributed by atoms with Crippen LogP contribution in [0.1, 0.15) is 32.3 Å². The number of carbonyl (C=O) groups is 2. The van der Waals surface area contributed by atoms with Gasteiger partial charge in [0.15, 0.2) is 0 Å². The van der Waals surface area contributed by atoms with E-state index < -0.39 is 0 Å². The fraction of sp³-hybridized carbons (Fsp3) is 0.444. The maximum absolute atomic E-state index is 12.6. The maximum atomic E-state index is 12.6. The van der Waals surface area contributed by atoms with Crippen molar-refractivity contribution in [1.29, 1.82) is 0 Å². The van der Waals surface area contributed by atoms with E-state index in [1.165, 1.54) is 0 Å². The Balaban J connectivity index is 1.99. The number of hydrogen-bond acceptors (Lipinski definition) is 5. The zero-order valence-corrected chi connectivity index (χ0v) is 14.4. The van der Waals surface area contributed by atoms with Gasteiger partial charge in [-0.05, 0) is 38.0 Å². The second kappa shape index (κ2) is 8.49. The lowest BCUT2D eigenvalue weighted by atomic mass is 9.99. The van der Waals surface area contributed by atoms with Crippen LogP contribution in [0, 0.1) is 0 Å². The van der Waals surface area contributed by atoms with Crippen molar-refractivity contribution >= 4 is 11.9 Å². The molecule has 1 amide bonds. The van der Waals surface area contributed by atoms with E-state index in [9.17, 15) is 9.59 Å². The molecule has 6 heteroatoms. The first-order valence-electron chi connectivity index (χ1n) is 8.07. The van der Waals surface area contributed by atoms with Crippen LogP contribution in [0.2, 0.25) is 0 Å². The van der Waals surface area contributed by atoms with Crippen molar-refractivity contribution in [3.8, 4) is 5.75 Å². The Bertz CT molecular complexity index is 640. The number of amides is 1. The summed E-state index contributed by atoms with van der Waals surface area (Å²) in [4.78, 5) is 24.3. The number of nitrogens with zero attached hydrogens (tertiary/aromatic N) is 1. The third kappa shape index (κ3) is 4.58. The molecule has 0 bridgehead atoms. The zero-order chi connectivity index (χ0) is 17.5. The summed E-state index contributed by atoms with van der Waals surface area (Å²) in [5.41, 5.74) is 5.63. The molecule has 1 aromatic carbocycles. The summed E-state index contributed by atoms with van der Waals surface area (Å²) in [6.45, 7) is 5.06. The summed E-state index contributed by atoms with van der Waals surface area (Å²) in [5.74, 6) is 0.252. The molecule has 2 rings (SSSR count). The van der Waals surface area contributed by atoms with Gasteiger partial charge in [-0.25, -0.2) is 5.43 Å². The van der Waals surface area contributed by atoms with Crippen LogP contribution in [0.15, 0.2) is 35.4 Å². The lowest BCUT2D eigenvalue weighted by Crippen LogP contribution is -2.46. The fourth-order valence-electron chi connectivity index (χ4n) is 2.58. The van der Waals surface area contributed by atoms with Crippen LogP contribution in [0.5, 0.6) is 5.75 Å². The summed E-state index contributed by atoms with van der Waals surface area (Å²) < 4.78 is 10.2. The van der Waals surface area contributed by atoms with Gasteiger partial charge in [0, 0.05) is 18.7 Å². The summed E-state index contributed by atoms with van der Waals surface area (Å²) in [6.07, 6.45) is 0.765. The number of ether oxygens (including phenoxy) is 2. The highest BCUT2D eigenvalue weighted by molar-refractivity contribution is 5.98. The number of methoxy groups -OCH3 is 1. The van der Waals surface area contributed by atoms with Gasteiger partial charge in [0.1, 0.15) is 5.75 Å². The monoisotopic (exact) mass is 332 g/mol. The molecule has 6 nitrogen and oxygen atoms in total. The molecule has 1 aliphatic heterocycles. The first kappa shape index (κ1) is 18.0. The number of nitrogens with one attached hydrogen (secondary N) is 1. The van der Waals surface area contributed by atoms with E-state index in [1.807, 2.05) is 31.2 Å². The molecule has 0 spiro atoms. The second-order valence-corrected chi connectivity index (χ2v) is 5.63. The van der Waals surface area contributed by atoms with Gasteiger partial charge >= 0.3 is 5.97 Å². The predicted molar refractivity (Wildman–Crippen MR) is 90.1 cm³/mol. The van der Waals surface area contributed by atoms with Crippen molar-refractivity contribution in [2.45, 2.75) is 33.2 Å². The van der Waals surface area contributed by atoms with Crippen LogP contribution in [0.4, 0.5) is 0 Å². The Morgan fingerprint density at radius 2 is 2.17 bits per heavy atom. The molecule has 24 heavy (non-hydrogen) atoms. The van der Waals surface area contributed by atoms with Crippen LogP contribution in [0.25, 0.3) is 0 Å².